The van der Waals surface area contributed by atoms with Crippen LogP contribution in [-0.2, 0) is 4.79 Å². The number of carboxylic acids is 1. The molecular formula is C15H19NO3S. The standard InChI is InChI=1S/C15H19NO3S/c1-10(2)8-9-20-13-7-5-4-6-12(13)14(17)16-11(3)15(18)19/h4-8,11H,9H2,1-3H3,(H,16,17)(H,18,19)/t11-/m1/s1. The molecule has 0 bridgehead atoms. The number of nitrogens with one attached hydrogen (secondary N) is 1. The van der Waals surface area contributed by atoms with Gasteiger partial charge in [0.1, 0.15) is 6.04 Å². The van der Waals surface area contributed by atoms with Gasteiger partial charge in [0.25, 0.3) is 5.91 Å². The summed E-state index contributed by atoms with van der Waals surface area (Å²) < 4.78 is 0. The smallest absolute Gasteiger partial charge is 0.325 e. The summed E-state index contributed by atoms with van der Waals surface area (Å²) in [6.45, 7) is 5.49. The zero-order valence-corrected chi connectivity index (χ0v) is 12.7. The molecule has 0 heterocycles. The molecule has 20 heavy (non-hydrogen) atoms. The largest absolute Gasteiger partial charge is 0.480 e. The minimum Gasteiger partial charge on any atom is -0.480 e. The number of carbonyl (C=O) groups is 2. The van der Waals surface area contributed by atoms with Gasteiger partial charge in [0.05, 0.1) is 5.56 Å². The average molecular weight is 293 g/mol. The summed E-state index contributed by atoms with van der Waals surface area (Å²) in [5.74, 6) is -0.630. The fraction of sp³-hybridized carbons (Fsp3) is 0.333. The Bertz CT molecular complexity index is 522. The number of carboxylic acid groups (broad SMARTS) is 1. The molecule has 0 aliphatic carbocycles. The van der Waals surface area contributed by atoms with Crippen LogP contribution in [0.5, 0.6) is 0 Å². The number of hydrogen-bond donors (Lipinski definition) is 2. The Balaban J connectivity index is 2.81. The van der Waals surface area contributed by atoms with E-state index in [9.17, 15) is 9.59 Å². The third-order valence-electron chi connectivity index (χ3n) is 2.58. The molecule has 0 fully saturated rings. The fourth-order valence-electron chi connectivity index (χ4n) is 1.41. The van der Waals surface area contributed by atoms with Gasteiger partial charge in [-0.15, -0.1) is 11.8 Å². The van der Waals surface area contributed by atoms with Gasteiger partial charge in [0.2, 0.25) is 0 Å². The van der Waals surface area contributed by atoms with E-state index < -0.39 is 12.0 Å². The van der Waals surface area contributed by atoms with Crippen molar-refractivity contribution < 1.29 is 14.7 Å². The molecule has 0 saturated heterocycles. The molecule has 1 aromatic carbocycles. The Morgan fingerprint density at radius 3 is 2.60 bits per heavy atom. The van der Waals surface area contributed by atoms with Gasteiger partial charge in [-0.25, -0.2) is 0 Å². The van der Waals surface area contributed by atoms with Crippen molar-refractivity contribution >= 4 is 23.6 Å². The summed E-state index contributed by atoms with van der Waals surface area (Å²) in [6, 6.07) is 6.30. The van der Waals surface area contributed by atoms with Crippen LogP contribution in [0.4, 0.5) is 0 Å². The molecule has 5 heteroatoms. The average Bonchev–Trinajstić information content (AvgIpc) is 2.38. The number of rotatable bonds is 6. The van der Waals surface area contributed by atoms with Crippen molar-refractivity contribution in [2.24, 2.45) is 0 Å². The first-order chi connectivity index (χ1) is 9.41. The molecule has 0 unspecified atom stereocenters. The van der Waals surface area contributed by atoms with Gasteiger partial charge < -0.3 is 10.4 Å². The highest BCUT2D eigenvalue weighted by molar-refractivity contribution is 7.99. The van der Waals surface area contributed by atoms with Crippen LogP contribution in [0, 0.1) is 0 Å². The summed E-state index contributed by atoms with van der Waals surface area (Å²) >= 11 is 1.55. The van der Waals surface area contributed by atoms with Crippen molar-refractivity contribution in [3.63, 3.8) is 0 Å². The van der Waals surface area contributed by atoms with Gasteiger partial charge in [-0.05, 0) is 32.9 Å². The van der Waals surface area contributed by atoms with Gasteiger partial charge in [-0.2, -0.15) is 0 Å². The van der Waals surface area contributed by atoms with E-state index in [0.717, 1.165) is 10.6 Å². The lowest BCUT2D eigenvalue weighted by Gasteiger charge is -2.12. The van der Waals surface area contributed by atoms with E-state index in [1.165, 1.54) is 12.5 Å². The number of amides is 1. The van der Waals surface area contributed by atoms with Gasteiger partial charge >= 0.3 is 5.97 Å². The number of allylic oxidation sites excluding steroid dienone is 1. The van der Waals surface area contributed by atoms with Crippen LogP contribution in [0.3, 0.4) is 0 Å². The first-order valence-electron chi connectivity index (χ1n) is 6.30. The van der Waals surface area contributed by atoms with Crippen LogP contribution >= 0.6 is 11.8 Å². The summed E-state index contributed by atoms with van der Waals surface area (Å²) in [5.41, 5.74) is 1.73. The molecule has 1 aromatic rings. The van der Waals surface area contributed by atoms with E-state index in [-0.39, 0.29) is 5.91 Å². The second-order valence-electron chi connectivity index (χ2n) is 4.62. The zero-order valence-electron chi connectivity index (χ0n) is 11.8. The van der Waals surface area contributed by atoms with Gasteiger partial charge in [-0.1, -0.05) is 23.8 Å². The maximum absolute atomic E-state index is 12.1. The van der Waals surface area contributed by atoms with Gasteiger partial charge in [-0.3, -0.25) is 9.59 Å². The number of aliphatic carboxylic acids is 1. The highest BCUT2D eigenvalue weighted by Gasteiger charge is 2.17. The monoisotopic (exact) mass is 293 g/mol. The lowest BCUT2D eigenvalue weighted by atomic mass is 10.2. The van der Waals surface area contributed by atoms with E-state index in [2.05, 4.69) is 11.4 Å². The zero-order chi connectivity index (χ0) is 15.1. The minimum atomic E-state index is -1.05. The van der Waals surface area contributed by atoms with Crippen molar-refractivity contribution in [3.8, 4) is 0 Å². The van der Waals surface area contributed by atoms with E-state index in [0.29, 0.717) is 5.56 Å². The third kappa shape index (κ3) is 5.09. The van der Waals surface area contributed by atoms with Crippen LogP contribution in [0.15, 0.2) is 40.8 Å². The summed E-state index contributed by atoms with van der Waals surface area (Å²) in [5, 5.41) is 11.3. The predicted molar refractivity (Wildman–Crippen MR) is 81.2 cm³/mol. The predicted octanol–water partition coefficient (Wildman–Crippen LogP) is 2.95. The molecular weight excluding hydrogens is 274 g/mol. The molecule has 0 saturated carbocycles. The minimum absolute atomic E-state index is 0.361. The summed E-state index contributed by atoms with van der Waals surface area (Å²) in [7, 11) is 0. The molecule has 2 N–H and O–H groups in total. The number of benzene rings is 1. The van der Waals surface area contributed by atoms with Crippen LogP contribution in [0.2, 0.25) is 0 Å². The van der Waals surface area contributed by atoms with Crippen molar-refractivity contribution in [1.29, 1.82) is 0 Å². The van der Waals surface area contributed by atoms with Crippen LogP contribution in [-0.4, -0.2) is 28.8 Å². The lowest BCUT2D eigenvalue weighted by molar-refractivity contribution is -0.138. The topological polar surface area (TPSA) is 66.4 Å². The Labute approximate surface area is 123 Å². The van der Waals surface area contributed by atoms with Gasteiger partial charge in [0, 0.05) is 10.6 Å². The number of thioether (sulfide) groups is 1. The van der Waals surface area contributed by atoms with Crippen molar-refractivity contribution in [2.45, 2.75) is 31.7 Å². The van der Waals surface area contributed by atoms with Crippen LogP contribution < -0.4 is 5.32 Å². The Hall–Kier alpha value is -1.75. The van der Waals surface area contributed by atoms with Crippen LogP contribution in [0.25, 0.3) is 0 Å². The van der Waals surface area contributed by atoms with Crippen molar-refractivity contribution in [1.82, 2.24) is 5.32 Å². The summed E-state index contributed by atoms with van der Waals surface area (Å²) in [4.78, 5) is 23.7. The molecule has 108 valence electrons. The molecule has 1 amide bonds. The molecule has 0 aromatic heterocycles. The van der Waals surface area contributed by atoms with E-state index >= 15 is 0 Å². The normalized spacial score (nSPS) is 11.6. The Morgan fingerprint density at radius 1 is 1.35 bits per heavy atom. The molecule has 0 aliphatic heterocycles. The maximum atomic E-state index is 12.1. The quantitative estimate of drug-likeness (QED) is 0.625. The van der Waals surface area contributed by atoms with E-state index in [1.807, 2.05) is 26.0 Å². The first-order valence-corrected chi connectivity index (χ1v) is 7.29. The van der Waals surface area contributed by atoms with E-state index in [4.69, 9.17) is 5.11 Å². The molecule has 1 atom stereocenters. The van der Waals surface area contributed by atoms with Gasteiger partial charge in [0.15, 0.2) is 0 Å². The second-order valence-corrected chi connectivity index (χ2v) is 5.68. The Kier molecular flexibility index (Phi) is 6.31. The third-order valence-corrected chi connectivity index (χ3v) is 3.58. The number of carbonyl (C=O) groups excluding carboxylic acids is 1. The van der Waals surface area contributed by atoms with Crippen molar-refractivity contribution in [2.75, 3.05) is 5.75 Å². The first kappa shape index (κ1) is 16.3. The Morgan fingerprint density at radius 2 is 2.00 bits per heavy atom. The molecule has 0 spiro atoms. The van der Waals surface area contributed by atoms with Crippen molar-refractivity contribution in [3.05, 3.63) is 41.5 Å². The highest BCUT2D eigenvalue weighted by Crippen LogP contribution is 2.23. The fourth-order valence-corrected chi connectivity index (χ4v) is 2.50. The molecule has 0 radical (unpaired) electrons. The van der Waals surface area contributed by atoms with E-state index in [1.54, 1.807) is 23.9 Å². The highest BCUT2D eigenvalue weighted by atomic mass is 32.2. The molecule has 0 aliphatic rings. The summed E-state index contributed by atoms with van der Waals surface area (Å²) in [6.07, 6.45) is 2.08. The molecule has 1 rings (SSSR count). The maximum Gasteiger partial charge on any atom is 0.325 e. The SMILES string of the molecule is CC(C)=CCSc1ccccc1C(=O)N[C@H](C)C(=O)O. The number of hydrogen-bond acceptors (Lipinski definition) is 3. The van der Waals surface area contributed by atoms with Crippen LogP contribution in [0.1, 0.15) is 31.1 Å². The molecule has 4 nitrogen and oxygen atoms in total. The lowest BCUT2D eigenvalue weighted by Crippen LogP contribution is -2.38. The second kappa shape index (κ2) is 7.75.